The molecular weight excluding hydrogens is 232 g/mol. The van der Waals surface area contributed by atoms with Crippen molar-refractivity contribution in [2.24, 2.45) is 0 Å². The molecule has 0 bridgehead atoms. The van der Waals surface area contributed by atoms with Gasteiger partial charge in [0.2, 0.25) is 0 Å². The second-order valence-electron chi connectivity index (χ2n) is 2.75. The average Bonchev–Trinajstić information content (AvgIpc) is 2.44. The summed E-state index contributed by atoms with van der Waals surface area (Å²) in [7, 11) is 0. The van der Waals surface area contributed by atoms with Crippen molar-refractivity contribution in [3.05, 3.63) is 34.3 Å². The van der Waals surface area contributed by atoms with Crippen LogP contribution in [0.4, 0.5) is 0 Å². The molecule has 0 amide bonds. The van der Waals surface area contributed by atoms with Crippen LogP contribution in [0, 0.1) is 6.92 Å². The van der Waals surface area contributed by atoms with Crippen LogP contribution in [0.5, 0.6) is 0 Å². The Labute approximate surface area is 83.5 Å². The standard InChI is InChI=1S/C9H7BrN2O/c1-6-9-7(10)3-2-4-12(9)8(5-13)11-6/h2-5H,1H3. The van der Waals surface area contributed by atoms with Gasteiger partial charge in [-0.15, -0.1) is 0 Å². The van der Waals surface area contributed by atoms with Crippen LogP contribution in [0.2, 0.25) is 0 Å². The van der Waals surface area contributed by atoms with Gasteiger partial charge >= 0.3 is 0 Å². The Hall–Kier alpha value is -1.16. The molecule has 0 aliphatic rings. The number of hydrogen-bond donors (Lipinski definition) is 0. The lowest BCUT2D eigenvalue weighted by molar-refractivity contribution is 0.111. The topological polar surface area (TPSA) is 34.4 Å². The first-order chi connectivity index (χ1) is 6.24. The van der Waals surface area contributed by atoms with Crippen molar-refractivity contribution in [1.82, 2.24) is 9.38 Å². The Morgan fingerprint density at radius 1 is 1.62 bits per heavy atom. The Morgan fingerprint density at radius 3 is 3.08 bits per heavy atom. The zero-order valence-corrected chi connectivity index (χ0v) is 8.58. The second kappa shape index (κ2) is 2.96. The largest absolute Gasteiger partial charge is 0.296 e. The monoisotopic (exact) mass is 238 g/mol. The van der Waals surface area contributed by atoms with Gasteiger partial charge < -0.3 is 0 Å². The summed E-state index contributed by atoms with van der Waals surface area (Å²) < 4.78 is 2.72. The van der Waals surface area contributed by atoms with Gasteiger partial charge in [-0.3, -0.25) is 9.20 Å². The van der Waals surface area contributed by atoms with Crippen LogP contribution in [-0.2, 0) is 0 Å². The van der Waals surface area contributed by atoms with E-state index in [4.69, 9.17) is 0 Å². The highest BCUT2D eigenvalue weighted by Gasteiger charge is 2.08. The summed E-state index contributed by atoms with van der Waals surface area (Å²) in [5.74, 6) is 0.439. The van der Waals surface area contributed by atoms with Gasteiger partial charge in [0.25, 0.3) is 0 Å². The van der Waals surface area contributed by atoms with Gasteiger partial charge in [0.05, 0.1) is 11.2 Å². The molecule has 0 fully saturated rings. The van der Waals surface area contributed by atoms with Crippen molar-refractivity contribution >= 4 is 27.7 Å². The molecule has 0 N–H and O–H groups in total. The van der Waals surface area contributed by atoms with E-state index in [1.807, 2.05) is 25.3 Å². The average molecular weight is 239 g/mol. The van der Waals surface area contributed by atoms with Gasteiger partial charge in [-0.25, -0.2) is 4.98 Å². The van der Waals surface area contributed by atoms with Gasteiger partial charge in [0.1, 0.15) is 0 Å². The quantitative estimate of drug-likeness (QED) is 0.715. The fourth-order valence-electron chi connectivity index (χ4n) is 1.38. The Bertz CT molecular complexity index is 476. The van der Waals surface area contributed by atoms with Crippen LogP contribution >= 0.6 is 15.9 Å². The zero-order valence-electron chi connectivity index (χ0n) is 6.99. The van der Waals surface area contributed by atoms with Gasteiger partial charge in [0.15, 0.2) is 12.1 Å². The van der Waals surface area contributed by atoms with Crippen molar-refractivity contribution in [2.75, 3.05) is 0 Å². The molecule has 66 valence electrons. The fourth-order valence-corrected chi connectivity index (χ4v) is 2.01. The lowest BCUT2D eigenvalue weighted by atomic mass is 10.3. The van der Waals surface area contributed by atoms with Gasteiger partial charge in [-0.2, -0.15) is 0 Å². The molecule has 0 spiro atoms. The summed E-state index contributed by atoms with van der Waals surface area (Å²) in [4.78, 5) is 14.8. The number of aromatic nitrogens is 2. The molecule has 2 heterocycles. The third-order valence-corrected chi connectivity index (χ3v) is 2.56. The van der Waals surface area contributed by atoms with E-state index in [2.05, 4.69) is 20.9 Å². The van der Waals surface area contributed by atoms with E-state index in [9.17, 15) is 4.79 Å². The van der Waals surface area contributed by atoms with E-state index in [0.29, 0.717) is 5.82 Å². The summed E-state index contributed by atoms with van der Waals surface area (Å²) in [5, 5.41) is 0. The highest BCUT2D eigenvalue weighted by molar-refractivity contribution is 9.10. The van der Waals surface area contributed by atoms with Gasteiger partial charge in [-0.05, 0) is 35.0 Å². The predicted molar refractivity (Wildman–Crippen MR) is 53.0 cm³/mol. The number of carbonyl (C=O) groups is 1. The molecular formula is C9H7BrN2O. The molecule has 13 heavy (non-hydrogen) atoms. The SMILES string of the molecule is Cc1nc(C=O)n2cccc(Br)c12. The minimum atomic E-state index is 0.439. The van der Waals surface area contributed by atoms with Crippen molar-refractivity contribution < 1.29 is 4.79 Å². The van der Waals surface area contributed by atoms with E-state index in [1.165, 1.54) is 0 Å². The minimum Gasteiger partial charge on any atom is -0.296 e. The summed E-state index contributed by atoms with van der Waals surface area (Å²) in [5.41, 5.74) is 1.80. The van der Waals surface area contributed by atoms with Gasteiger partial charge in [0, 0.05) is 10.7 Å². The molecule has 0 aliphatic carbocycles. The van der Waals surface area contributed by atoms with Crippen LogP contribution in [0.25, 0.3) is 5.52 Å². The summed E-state index contributed by atoms with van der Waals surface area (Å²) in [6.07, 6.45) is 2.58. The van der Waals surface area contributed by atoms with E-state index < -0.39 is 0 Å². The van der Waals surface area contributed by atoms with Crippen molar-refractivity contribution in [2.45, 2.75) is 6.92 Å². The number of pyridine rings is 1. The number of imidazole rings is 1. The van der Waals surface area contributed by atoms with Crippen LogP contribution in [0.15, 0.2) is 22.8 Å². The van der Waals surface area contributed by atoms with Crippen LogP contribution < -0.4 is 0 Å². The molecule has 2 aromatic heterocycles. The number of aldehydes is 1. The molecule has 0 aliphatic heterocycles. The summed E-state index contributed by atoms with van der Waals surface area (Å²) in [6, 6.07) is 3.80. The maximum atomic E-state index is 10.6. The Kier molecular flexibility index (Phi) is 1.92. The normalized spacial score (nSPS) is 10.6. The van der Waals surface area contributed by atoms with Crippen LogP contribution in [-0.4, -0.2) is 15.7 Å². The highest BCUT2D eigenvalue weighted by Crippen LogP contribution is 2.21. The third-order valence-electron chi connectivity index (χ3n) is 1.92. The molecule has 0 atom stereocenters. The molecule has 0 aromatic carbocycles. The molecule has 2 aromatic rings. The molecule has 0 unspecified atom stereocenters. The van der Waals surface area contributed by atoms with E-state index >= 15 is 0 Å². The fraction of sp³-hybridized carbons (Fsp3) is 0.111. The molecule has 4 heteroatoms. The molecule has 0 radical (unpaired) electrons. The van der Waals surface area contributed by atoms with Gasteiger partial charge in [-0.1, -0.05) is 0 Å². The number of halogens is 1. The molecule has 2 rings (SSSR count). The summed E-state index contributed by atoms with van der Waals surface area (Å²) >= 11 is 3.41. The lowest BCUT2D eigenvalue weighted by Crippen LogP contribution is -1.90. The first kappa shape index (κ1) is 8.44. The van der Waals surface area contributed by atoms with Crippen molar-refractivity contribution in [3.63, 3.8) is 0 Å². The van der Waals surface area contributed by atoms with E-state index in [1.54, 1.807) is 4.40 Å². The smallest absolute Gasteiger partial charge is 0.185 e. The maximum absolute atomic E-state index is 10.6. The zero-order chi connectivity index (χ0) is 9.42. The highest BCUT2D eigenvalue weighted by atomic mass is 79.9. The minimum absolute atomic E-state index is 0.439. The van der Waals surface area contributed by atoms with E-state index in [0.717, 1.165) is 22.0 Å². The van der Waals surface area contributed by atoms with Crippen LogP contribution in [0.3, 0.4) is 0 Å². The van der Waals surface area contributed by atoms with E-state index in [-0.39, 0.29) is 0 Å². The predicted octanol–water partition coefficient (Wildman–Crippen LogP) is 2.22. The number of rotatable bonds is 1. The van der Waals surface area contributed by atoms with Crippen LogP contribution in [0.1, 0.15) is 16.3 Å². The molecule has 0 saturated carbocycles. The number of carbonyl (C=O) groups excluding carboxylic acids is 1. The third kappa shape index (κ3) is 1.18. The molecule has 3 nitrogen and oxygen atoms in total. The first-order valence-electron chi connectivity index (χ1n) is 3.82. The van der Waals surface area contributed by atoms with Crippen molar-refractivity contribution in [1.29, 1.82) is 0 Å². The second-order valence-corrected chi connectivity index (χ2v) is 3.60. The van der Waals surface area contributed by atoms with Crippen molar-refractivity contribution in [3.8, 4) is 0 Å². The number of fused-ring (bicyclic) bond motifs is 1. The number of nitrogens with zero attached hydrogens (tertiary/aromatic N) is 2. The summed E-state index contributed by atoms with van der Waals surface area (Å²) in [6.45, 7) is 1.88. The lowest BCUT2D eigenvalue weighted by Gasteiger charge is -1.96. The molecule has 0 saturated heterocycles. The Balaban J connectivity index is 2.95. The maximum Gasteiger partial charge on any atom is 0.185 e. The number of aryl methyl sites for hydroxylation is 1. The number of hydrogen-bond acceptors (Lipinski definition) is 2. The first-order valence-corrected chi connectivity index (χ1v) is 4.61. The Morgan fingerprint density at radius 2 is 2.38 bits per heavy atom.